The largest absolute Gasteiger partial charge is 0.465 e. The maximum absolute atomic E-state index is 12.8. The molecule has 0 amide bonds. The molecule has 0 saturated heterocycles. The van der Waals surface area contributed by atoms with Crippen LogP contribution in [0.15, 0.2) is 24.3 Å². The van der Waals surface area contributed by atoms with Gasteiger partial charge in [0.1, 0.15) is 11.2 Å². The standard InChI is InChI=1S/C18H22O4/c1-12(2)11-22-17(21)18(9-8-13(3)19)10-14-6-4-5-7-15(14)16(18)20/h4-7,12H,8-11H2,1-3H3/t18-/m1/s1. The molecule has 0 saturated carbocycles. The van der Waals surface area contributed by atoms with E-state index in [4.69, 9.17) is 4.74 Å². The van der Waals surface area contributed by atoms with E-state index in [0.29, 0.717) is 12.0 Å². The Kier molecular flexibility index (Phi) is 4.79. The van der Waals surface area contributed by atoms with Crippen molar-refractivity contribution < 1.29 is 19.1 Å². The van der Waals surface area contributed by atoms with Crippen molar-refractivity contribution in [1.29, 1.82) is 0 Å². The summed E-state index contributed by atoms with van der Waals surface area (Å²) >= 11 is 0. The summed E-state index contributed by atoms with van der Waals surface area (Å²) < 4.78 is 5.35. The number of carbonyl (C=O) groups excluding carboxylic acids is 3. The van der Waals surface area contributed by atoms with E-state index in [2.05, 4.69) is 0 Å². The fourth-order valence-corrected chi connectivity index (χ4v) is 2.80. The second-order valence-corrected chi connectivity index (χ2v) is 6.44. The summed E-state index contributed by atoms with van der Waals surface area (Å²) in [6, 6.07) is 7.24. The van der Waals surface area contributed by atoms with Crippen molar-refractivity contribution in [2.75, 3.05) is 6.61 Å². The zero-order valence-electron chi connectivity index (χ0n) is 13.3. The highest BCUT2D eigenvalue weighted by Gasteiger charge is 2.52. The van der Waals surface area contributed by atoms with E-state index in [0.717, 1.165) is 5.56 Å². The maximum Gasteiger partial charge on any atom is 0.320 e. The van der Waals surface area contributed by atoms with Gasteiger partial charge in [-0.2, -0.15) is 0 Å². The summed E-state index contributed by atoms with van der Waals surface area (Å²) in [4.78, 5) is 36.8. The van der Waals surface area contributed by atoms with Gasteiger partial charge in [0.05, 0.1) is 6.61 Å². The highest BCUT2D eigenvalue weighted by atomic mass is 16.5. The Hall–Kier alpha value is -1.97. The lowest BCUT2D eigenvalue weighted by Gasteiger charge is -2.25. The Morgan fingerprint density at radius 2 is 1.95 bits per heavy atom. The number of Topliss-reactive ketones (excluding diaryl/α,β-unsaturated/α-hetero) is 2. The Labute approximate surface area is 130 Å². The van der Waals surface area contributed by atoms with E-state index in [9.17, 15) is 14.4 Å². The summed E-state index contributed by atoms with van der Waals surface area (Å²) in [5.41, 5.74) is 0.203. The van der Waals surface area contributed by atoms with Crippen LogP contribution in [0, 0.1) is 11.3 Å². The third kappa shape index (κ3) is 3.11. The van der Waals surface area contributed by atoms with E-state index >= 15 is 0 Å². The first kappa shape index (κ1) is 16.4. The zero-order chi connectivity index (χ0) is 16.3. The van der Waals surface area contributed by atoms with Crippen molar-refractivity contribution in [2.24, 2.45) is 11.3 Å². The Morgan fingerprint density at radius 1 is 1.27 bits per heavy atom. The van der Waals surface area contributed by atoms with Crippen LogP contribution in [-0.2, 0) is 20.7 Å². The number of esters is 1. The molecule has 2 rings (SSSR count). The zero-order valence-corrected chi connectivity index (χ0v) is 13.3. The highest BCUT2D eigenvalue weighted by molar-refractivity contribution is 6.16. The van der Waals surface area contributed by atoms with Crippen molar-refractivity contribution in [3.63, 3.8) is 0 Å². The first-order valence-corrected chi connectivity index (χ1v) is 7.66. The second-order valence-electron chi connectivity index (χ2n) is 6.44. The van der Waals surface area contributed by atoms with Gasteiger partial charge in [-0.15, -0.1) is 0 Å². The quantitative estimate of drug-likeness (QED) is 0.599. The predicted octanol–water partition coefficient (Wildman–Crippen LogP) is 2.98. The summed E-state index contributed by atoms with van der Waals surface area (Å²) in [5.74, 6) is -0.533. The molecule has 1 aliphatic carbocycles. The van der Waals surface area contributed by atoms with Gasteiger partial charge in [-0.25, -0.2) is 0 Å². The van der Waals surface area contributed by atoms with Crippen molar-refractivity contribution in [1.82, 2.24) is 0 Å². The molecule has 1 aromatic rings. The van der Waals surface area contributed by atoms with E-state index in [1.54, 1.807) is 12.1 Å². The predicted molar refractivity (Wildman–Crippen MR) is 82.6 cm³/mol. The minimum Gasteiger partial charge on any atom is -0.465 e. The molecule has 0 bridgehead atoms. The smallest absolute Gasteiger partial charge is 0.320 e. The molecular formula is C18H22O4. The second kappa shape index (κ2) is 6.42. The van der Waals surface area contributed by atoms with Crippen molar-refractivity contribution >= 4 is 17.5 Å². The van der Waals surface area contributed by atoms with Gasteiger partial charge in [-0.05, 0) is 31.2 Å². The number of rotatable bonds is 6. The molecule has 0 N–H and O–H groups in total. The molecule has 0 heterocycles. The van der Waals surface area contributed by atoms with Gasteiger partial charge in [0.2, 0.25) is 0 Å². The number of hydrogen-bond donors (Lipinski definition) is 0. The molecule has 0 fully saturated rings. The lowest BCUT2D eigenvalue weighted by atomic mass is 9.78. The van der Waals surface area contributed by atoms with Gasteiger partial charge >= 0.3 is 5.97 Å². The van der Waals surface area contributed by atoms with Crippen LogP contribution in [0.25, 0.3) is 0 Å². The number of benzene rings is 1. The molecule has 0 aromatic heterocycles. The van der Waals surface area contributed by atoms with Crippen LogP contribution >= 0.6 is 0 Å². The fraction of sp³-hybridized carbons (Fsp3) is 0.500. The van der Waals surface area contributed by atoms with Crippen LogP contribution in [0.4, 0.5) is 0 Å². The first-order valence-electron chi connectivity index (χ1n) is 7.66. The molecule has 4 nitrogen and oxygen atoms in total. The number of ether oxygens (including phenoxy) is 1. The van der Waals surface area contributed by atoms with E-state index in [1.807, 2.05) is 26.0 Å². The minimum absolute atomic E-state index is 0.0280. The van der Waals surface area contributed by atoms with Crippen LogP contribution in [0.5, 0.6) is 0 Å². The third-order valence-corrected chi connectivity index (χ3v) is 4.03. The third-order valence-electron chi connectivity index (χ3n) is 4.03. The molecule has 0 unspecified atom stereocenters. The average Bonchev–Trinajstić information content (AvgIpc) is 2.77. The molecule has 118 valence electrons. The van der Waals surface area contributed by atoms with Gasteiger partial charge in [0, 0.05) is 12.0 Å². The normalized spacial score (nSPS) is 20.1. The molecule has 1 aliphatic rings. The van der Waals surface area contributed by atoms with Crippen LogP contribution < -0.4 is 0 Å². The molecule has 0 aliphatic heterocycles. The SMILES string of the molecule is CC(=O)CC[C@@]1(C(=O)OCC(C)C)Cc2ccccc2C1=O. The summed E-state index contributed by atoms with van der Waals surface area (Å²) in [5, 5.41) is 0. The van der Waals surface area contributed by atoms with Crippen molar-refractivity contribution in [2.45, 2.75) is 40.0 Å². The van der Waals surface area contributed by atoms with Gasteiger partial charge in [0.25, 0.3) is 0 Å². The lowest BCUT2D eigenvalue weighted by molar-refractivity contribution is -0.154. The van der Waals surface area contributed by atoms with Crippen LogP contribution in [0.3, 0.4) is 0 Å². The number of hydrogen-bond acceptors (Lipinski definition) is 4. The van der Waals surface area contributed by atoms with Crippen LogP contribution in [-0.4, -0.2) is 24.1 Å². The number of ketones is 2. The van der Waals surface area contributed by atoms with E-state index < -0.39 is 11.4 Å². The van der Waals surface area contributed by atoms with E-state index in [1.165, 1.54) is 6.92 Å². The molecule has 1 atom stereocenters. The van der Waals surface area contributed by atoms with Crippen molar-refractivity contribution in [3.8, 4) is 0 Å². The fourth-order valence-electron chi connectivity index (χ4n) is 2.80. The molecule has 22 heavy (non-hydrogen) atoms. The molecule has 0 spiro atoms. The summed E-state index contributed by atoms with van der Waals surface area (Å²) in [7, 11) is 0. The average molecular weight is 302 g/mol. The monoisotopic (exact) mass is 302 g/mol. The summed E-state index contributed by atoms with van der Waals surface area (Å²) in [6.45, 7) is 5.64. The van der Waals surface area contributed by atoms with Crippen LogP contribution in [0.2, 0.25) is 0 Å². The van der Waals surface area contributed by atoms with Crippen LogP contribution in [0.1, 0.15) is 49.5 Å². The van der Waals surface area contributed by atoms with Gasteiger partial charge in [0.15, 0.2) is 5.78 Å². The molecule has 0 radical (unpaired) electrons. The highest BCUT2D eigenvalue weighted by Crippen LogP contribution is 2.41. The Balaban J connectivity index is 2.30. The Morgan fingerprint density at radius 3 is 2.55 bits per heavy atom. The summed E-state index contributed by atoms with van der Waals surface area (Å²) in [6.07, 6.45) is 0.746. The van der Waals surface area contributed by atoms with Gasteiger partial charge in [-0.3, -0.25) is 9.59 Å². The van der Waals surface area contributed by atoms with E-state index in [-0.39, 0.29) is 36.9 Å². The molecule has 4 heteroatoms. The van der Waals surface area contributed by atoms with Gasteiger partial charge < -0.3 is 9.53 Å². The number of carbonyl (C=O) groups is 3. The topological polar surface area (TPSA) is 60.4 Å². The maximum atomic E-state index is 12.8. The number of fused-ring (bicyclic) bond motifs is 1. The van der Waals surface area contributed by atoms with Gasteiger partial charge in [-0.1, -0.05) is 38.1 Å². The minimum atomic E-state index is -1.23. The first-order chi connectivity index (χ1) is 10.4. The lowest BCUT2D eigenvalue weighted by Crippen LogP contribution is -2.39. The molecule has 1 aromatic carbocycles. The van der Waals surface area contributed by atoms with Crippen molar-refractivity contribution in [3.05, 3.63) is 35.4 Å². The Bertz CT molecular complexity index is 603. The molecular weight excluding hydrogens is 280 g/mol.